The first-order valence-corrected chi connectivity index (χ1v) is 8.83. The van der Waals surface area contributed by atoms with E-state index < -0.39 is 0 Å². The summed E-state index contributed by atoms with van der Waals surface area (Å²) in [5.41, 5.74) is 4.32. The van der Waals surface area contributed by atoms with Crippen molar-refractivity contribution < 1.29 is 4.79 Å². The third kappa shape index (κ3) is 3.51. The molecule has 0 spiro atoms. The lowest BCUT2D eigenvalue weighted by molar-refractivity contribution is 0.0734. The maximum Gasteiger partial charge on any atom is 0.255 e. The number of carbonyl (C=O) groups excluding carboxylic acids is 1. The van der Waals surface area contributed by atoms with Crippen molar-refractivity contribution in [1.82, 2.24) is 9.88 Å². The number of aromatic nitrogens is 1. The second-order valence-electron chi connectivity index (χ2n) is 6.46. The lowest BCUT2D eigenvalue weighted by Gasteiger charge is -2.28. The highest BCUT2D eigenvalue weighted by molar-refractivity contribution is 5.94. The fraction of sp³-hybridized carbons (Fsp3) is 0.136. The zero-order valence-corrected chi connectivity index (χ0v) is 14.7. The number of nitrogens with zero attached hydrogens (tertiary/aromatic N) is 3. The Labute approximate surface area is 157 Å². The summed E-state index contributed by atoms with van der Waals surface area (Å²) in [4.78, 5) is 19.0. The fourth-order valence-corrected chi connectivity index (χ4v) is 3.27. The fourth-order valence-electron chi connectivity index (χ4n) is 3.27. The maximum atomic E-state index is 12.8. The summed E-state index contributed by atoms with van der Waals surface area (Å²) < 4.78 is 0. The van der Waals surface area contributed by atoms with E-state index in [2.05, 4.69) is 28.5 Å². The van der Waals surface area contributed by atoms with E-state index in [1.54, 1.807) is 24.4 Å². The van der Waals surface area contributed by atoms with Crippen molar-refractivity contribution in [3.8, 4) is 6.07 Å². The van der Waals surface area contributed by atoms with Gasteiger partial charge in [-0.1, -0.05) is 36.4 Å². The molecule has 0 bridgehead atoms. The number of nitriles is 1. The Balaban J connectivity index is 1.48. The van der Waals surface area contributed by atoms with Crippen LogP contribution in [0.25, 0.3) is 0 Å². The second-order valence-corrected chi connectivity index (χ2v) is 6.46. The van der Waals surface area contributed by atoms with Gasteiger partial charge in [-0.3, -0.25) is 4.79 Å². The highest BCUT2D eigenvalue weighted by Crippen LogP contribution is 2.22. The summed E-state index contributed by atoms with van der Waals surface area (Å²) in [5.74, 6) is 0.583. The number of rotatable bonds is 3. The molecule has 5 heteroatoms. The van der Waals surface area contributed by atoms with E-state index in [4.69, 9.17) is 5.26 Å². The van der Waals surface area contributed by atoms with Gasteiger partial charge in [0.2, 0.25) is 0 Å². The van der Waals surface area contributed by atoms with Gasteiger partial charge in [-0.05, 0) is 41.8 Å². The molecule has 27 heavy (non-hydrogen) atoms. The highest BCUT2D eigenvalue weighted by Gasteiger charge is 2.21. The van der Waals surface area contributed by atoms with Crippen molar-refractivity contribution in [1.29, 1.82) is 5.26 Å². The number of fused-ring (bicyclic) bond motifs is 1. The van der Waals surface area contributed by atoms with Crippen LogP contribution in [0, 0.1) is 11.3 Å². The molecule has 0 saturated carbocycles. The number of para-hydroxylation sites is 1. The van der Waals surface area contributed by atoms with Gasteiger partial charge >= 0.3 is 0 Å². The lowest BCUT2D eigenvalue weighted by Crippen LogP contribution is -2.35. The molecule has 1 aromatic heterocycles. The van der Waals surface area contributed by atoms with E-state index in [0.29, 0.717) is 35.7 Å². The van der Waals surface area contributed by atoms with Crippen LogP contribution in [-0.2, 0) is 13.0 Å². The van der Waals surface area contributed by atoms with Crippen LogP contribution in [0.5, 0.6) is 0 Å². The van der Waals surface area contributed by atoms with Crippen LogP contribution in [0.2, 0.25) is 0 Å². The summed E-state index contributed by atoms with van der Waals surface area (Å²) in [6.07, 6.45) is 2.46. The number of hydrogen-bond donors (Lipinski definition) is 1. The molecule has 0 saturated heterocycles. The Hall–Kier alpha value is -3.65. The second kappa shape index (κ2) is 7.30. The topological polar surface area (TPSA) is 69.0 Å². The molecule has 1 N–H and O–H groups in total. The van der Waals surface area contributed by atoms with Crippen molar-refractivity contribution >= 4 is 17.4 Å². The number of anilines is 2. The van der Waals surface area contributed by atoms with Crippen molar-refractivity contribution in [2.75, 3.05) is 11.9 Å². The smallest absolute Gasteiger partial charge is 0.255 e. The van der Waals surface area contributed by atoms with Gasteiger partial charge in [0.15, 0.2) is 0 Å². The normalized spacial score (nSPS) is 12.8. The van der Waals surface area contributed by atoms with Crippen molar-refractivity contribution in [2.24, 2.45) is 0 Å². The Morgan fingerprint density at radius 1 is 1.04 bits per heavy atom. The number of carbonyl (C=O) groups is 1. The predicted molar refractivity (Wildman–Crippen MR) is 104 cm³/mol. The van der Waals surface area contributed by atoms with Gasteiger partial charge in [0.05, 0.1) is 16.8 Å². The summed E-state index contributed by atoms with van der Waals surface area (Å²) in [7, 11) is 0. The molecule has 2 heterocycles. The molecule has 4 rings (SSSR count). The number of pyridine rings is 1. The molecule has 5 nitrogen and oxygen atoms in total. The number of amides is 1. The molecule has 0 unspecified atom stereocenters. The van der Waals surface area contributed by atoms with Crippen molar-refractivity contribution in [3.05, 3.63) is 89.1 Å². The molecule has 1 amide bonds. The first-order valence-electron chi connectivity index (χ1n) is 8.83. The average molecular weight is 354 g/mol. The zero-order chi connectivity index (χ0) is 18.6. The van der Waals surface area contributed by atoms with Crippen LogP contribution >= 0.6 is 0 Å². The minimum Gasteiger partial charge on any atom is -0.339 e. The van der Waals surface area contributed by atoms with Gasteiger partial charge in [-0.15, -0.1) is 0 Å². The van der Waals surface area contributed by atoms with E-state index in [9.17, 15) is 4.79 Å². The molecule has 0 aliphatic carbocycles. The van der Waals surface area contributed by atoms with E-state index in [0.717, 1.165) is 6.42 Å². The van der Waals surface area contributed by atoms with E-state index in [1.807, 2.05) is 35.2 Å². The van der Waals surface area contributed by atoms with Crippen LogP contribution in [0.3, 0.4) is 0 Å². The van der Waals surface area contributed by atoms with Gasteiger partial charge in [0.25, 0.3) is 5.91 Å². The Kier molecular flexibility index (Phi) is 4.54. The first kappa shape index (κ1) is 16.8. The minimum absolute atomic E-state index is 0.0130. The van der Waals surface area contributed by atoms with Crippen molar-refractivity contribution in [2.45, 2.75) is 13.0 Å². The van der Waals surface area contributed by atoms with Crippen LogP contribution in [0.4, 0.5) is 11.5 Å². The quantitative estimate of drug-likeness (QED) is 0.775. The Morgan fingerprint density at radius 3 is 2.59 bits per heavy atom. The predicted octanol–water partition coefficient (Wildman–Crippen LogP) is 3.90. The molecule has 0 fully saturated rings. The first-order chi connectivity index (χ1) is 13.2. The maximum absolute atomic E-state index is 12.8. The van der Waals surface area contributed by atoms with E-state index in [-0.39, 0.29) is 5.91 Å². The number of benzene rings is 2. The largest absolute Gasteiger partial charge is 0.339 e. The van der Waals surface area contributed by atoms with Gasteiger partial charge < -0.3 is 10.2 Å². The summed E-state index contributed by atoms with van der Waals surface area (Å²) >= 11 is 0. The molecular formula is C22H18N4O. The third-order valence-electron chi connectivity index (χ3n) is 4.74. The Morgan fingerprint density at radius 2 is 1.81 bits per heavy atom. The van der Waals surface area contributed by atoms with Gasteiger partial charge in [0.1, 0.15) is 11.9 Å². The molecule has 1 aliphatic heterocycles. The average Bonchev–Trinajstić information content (AvgIpc) is 2.74. The van der Waals surface area contributed by atoms with Crippen LogP contribution in [0.1, 0.15) is 27.0 Å². The van der Waals surface area contributed by atoms with Crippen LogP contribution < -0.4 is 5.32 Å². The standard InChI is InChI=1S/C22H18N4O/c23-13-17-6-3-4-8-20(17)25-21-10-9-18(14-24-21)22(27)26-12-11-16-5-1-2-7-19(16)15-26/h1-10,14H,11-12,15H2,(H,24,25). The van der Waals surface area contributed by atoms with Crippen LogP contribution in [-0.4, -0.2) is 22.3 Å². The molecule has 1 aliphatic rings. The molecule has 0 atom stereocenters. The molecular weight excluding hydrogens is 336 g/mol. The lowest BCUT2D eigenvalue weighted by atomic mass is 9.99. The van der Waals surface area contributed by atoms with Gasteiger partial charge in [-0.25, -0.2) is 4.98 Å². The number of nitrogens with one attached hydrogen (secondary N) is 1. The zero-order valence-electron chi connectivity index (χ0n) is 14.7. The van der Waals surface area contributed by atoms with Crippen molar-refractivity contribution in [3.63, 3.8) is 0 Å². The third-order valence-corrected chi connectivity index (χ3v) is 4.74. The Bertz CT molecular complexity index is 1020. The van der Waals surface area contributed by atoms with Crippen LogP contribution in [0.15, 0.2) is 66.9 Å². The number of hydrogen-bond acceptors (Lipinski definition) is 4. The monoisotopic (exact) mass is 354 g/mol. The van der Waals surface area contributed by atoms with E-state index in [1.165, 1.54) is 11.1 Å². The molecule has 2 aromatic carbocycles. The molecule has 0 radical (unpaired) electrons. The molecule has 132 valence electrons. The van der Waals surface area contributed by atoms with Gasteiger partial charge in [-0.2, -0.15) is 5.26 Å². The van der Waals surface area contributed by atoms with Gasteiger partial charge in [0, 0.05) is 19.3 Å². The van der Waals surface area contributed by atoms with E-state index >= 15 is 0 Å². The summed E-state index contributed by atoms with van der Waals surface area (Å²) in [6, 6.07) is 21.2. The summed E-state index contributed by atoms with van der Waals surface area (Å²) in [5, 5.41) is 12.3. The SMILES string of the molecule is N#Cc1ccccc1Nc1ccc(C(=O)N2CCc3ccccc3C2)cn1. The molecule has 3 aromatic rings. The highest BCUT2D eigenvalue weighted by atomic mass is 16.2. The summed E-state index contributed by atoms with van der Waals surface area (Å²) in [6.45, 7) is 1.34. The minimum atomic E-state index is -0.0130.